The zero-order valence-electron chi connectivity index (χ0n) is 20.4. The topological polar surface area (TPSA) is 90.9 Å². The fraction of sp³-hybridized carbons (Fsp3) is 0.538. The fourth-order valence-electron chi connectivity index (χ4n) is 4.78. The molecule has 2 aromatic heterocycles. The van der Waals surface area contributed by atoms with Crippen molar-refractivity contribution in [2.75, 3.05) is 0 Å². The van der Waals surface area contributed by atoms with E-state index < -0.39 is 11.2 Å². The van der Waals surface area contributed by atoms with E-state index in [2.05, 4.69) is 31.1 Å². The predicted molar refractivity (Wildman–Crippen MR) is 133 cm³/mol. The fourth-order valence-corrected chi connectivity index (χ4v) is 4.78. The summed E-state index contributed by atoms with van der Waals surface area (Å²) in [5.74, 6) is 0.555. The second-order valence-electron chi connectivity index (χ2n) is 9.97. The molecule has 8 nitrogen and oxygen atoms in total. The molecular weight excluding hydrogens is 430 g/mol. The molecule has 2 heterocycles. The average Bonchev–Trinajstić information content (AvgIpc) is 3.24. The van der Waals surface area contributed by atoms with Gasteiger partial charge in [0.15, 0.2) is 11.2 Å². The van der Waals surface area contributed by atoms with Crippen molar-refractivity contribution in [2.45, 2.75) is 78.6 Å². The highest BCUT2D eigenvalue weighted by Crippen LogP contribution is 2.23. The Kier molecular flexibility index (Phi) is 7.34. The number of hydrogen-bond donors (Lipinski definition) is 1. The number of benzene rings is 1. The van der Waals surface area contributed by atoms with Crippen LogP contribution in [0.15, 0.2) is 46.2 Å². The monoisotopic (exact) mass is 465 g/mol. The van der Waals surface area contributed by atoms with E-state index in [1.807, 2.05) is 34.9 Å². The molecule has 34 heavy (non-hydrogen) atoms. The van der Waals surface area contributed by atoms with E-state index in [0.717, 1.165) is 35.8 Å². The summed E-state index contributed by atoms with van der Waals surface area (Å²) in [6, 6.07) is 9.69. The minimum absolute atomic E-state index is 0.0868. The third-order valence-electron chi connectivity index (χ3n) is 6.87. The van der Waals surface area contributed by atoms with E-state index in [-0.39, 0.29) is 25.0 Å². The van der Waals surface area contributed by atoms with E-state index in [1.54, 1.807) is 6.33 Å². The average molecular weight is 466 g/mol. The SMILES string of the molecule is CC(C)CCn1cnc2c1c(=O)n(CC(=O)N[C@@H]1CCCC[C@H]1C)c(=O)n2Cc1ccccc1. The number of amides is 1. The van der Waals surface area contributed by atoms with Gasteiger partial charge in [0.1, 0.15) is 6.54 Å². The van der Waals surface area contributed by atoms with Gasteiger partial charge in [-0.3, -0.25) is 14.2 Å². The smallest absolute Gasteiger partial charge is 0.333 e. The van der Waals surface area contributed by atoms with Gasteiger partial charge in [-0.05, 0) is 36.7 Å². The Morgan fingerprint density at radius 3 is 2.56 bits per heavy atom. The highest BCUT2D eigenvalue weighted by Gasteiger charge is 2.25. The maximum Gasteiger partial charge on any atom is 0.333 e. The van der Waals surface area contributed by atoms with Crippen LogP contribution in [0.3, 0.4) is 0 Å². The van der Waals surface area contributed by atoms with Crippen LogP contribution in [0.2, 0.25) is 0 Å². The predicted octanol–water partition coefficient (Wildman–Crippen LogP) is 3.15. The first-order valence-electron chi connectivity index (χ1n) is 12.4. The number of aromatic nitrogens is 4. The summed E-state index contributed by atoms with van der Waals surface area (Å²) >= 11 is 0. The first-order chi connectivity index (χ1) is 16.3. The number of rotatable bonds is 8. The molecule has 1 N–H and O–H groups in total. The summed E-state index contributed by atoms with van der Waals surface area (Å²) in [5.41, 5.74) is 0.684. The van der Waals surface area contributed by atoms with Crippen LogP contribution < -0.4 is 16.6 Å². The molecule has 0 spiro atoms. The van der Waals surface area contributed by atoms with E-state index in [1.165, 1.54) is 11.0 Å². The lowest BCUT2D eigenvalue weighted by molar-refractivity contribution is -0.123. The molecule has 1 aliphatic rings. The highest BCUT2D eigenvalue weighted by molar-refractivity contribution is 5.77. The summed E-state index contributed by atoms with van der Waals surface area (Å²) in [6.45, 7) is 7.00. The molecule has 0 radical (unpaired) electrons. The first kappa shape index (κ1) is 24.0. The van der Waals surface area contributed by atoms with Crippen molar-refractivity contribution in [3.05, 3.63) is 63.1 Å². The molecule has 0 aliphatic heterocycles. The maximum atomic E-state index is 13.5. The molecule has 1 aliphatic carbocycles. The van der Waals surface area contributed by atoms with Crippen LogP contribution in [0.1, 0.15) is 58.4 Å². The highest BCUT2D eigenvalue weighted by atomic mass is 16.2. The van der Waals surface area contributed by atoms with Crippen molar-refractivity contribution < 1.29 is 4.79 Å². The van der Waals surface area contributed by atoms with Crippen molar-refractivity contribution in [3.8, 4) is 0 Å². The van der Waals surface area contributed by atoms with E-state index in [0.29, 0.717) is 29.5 Å². The Balaban J connectivity index is 1.73. The van der Waals surface area contributed by atoms with Crippen molar-refractivity contribution in [3.63, 3.8) is 0 Å². The van der Waals surface area contributed by atoms with Crippen molar-refractivity contribution in [1.82, 2.24) is 24.0 Å². The molecule has 1 aromatic carbocycles. The third-order valence-corrected chi connectivity index (χ3v) is 6.87. The summed E-state index contributed by atoms with van der Waals surface area (Å²) in [5, 5.41) is 3.07. The van der Waals surface area contributed by atoms with Gasteiger partial charge >= 0.3 is 5.69 Å². The van der Waals surface area contributed by atoms with Gasteiger partial charge in [0, 0.05) is 12.6 Å². The normalized spacial score (nSPS) is 18.5. The molecule has 2 atom stereocenters. The number of carbonyl (C=O) groups excluding carboxylic acids is 1. The van der Waals surface area contributed by atoms with Gasteiger partial charge in [-0.15, -0.1) is 0 Å². The Morgan fingerprint density at radius 2 is 1.85 bits per heavy atom. The van der Waals surface area contributed by atoms with Crippen molar-refractivity contribution >= 4 is 17.1 Å². The van der Waals surface area contributed by atoms with Crippen molar-refractivity contribution in [1.29, 1.82) is 0 Å². The maximum absolute atomic E-state index is 13.5. The van der Waals surface area contributed by atoms with Crippen LogP contribution in [0.4, 0.5) is 0 Å². The van der Waals surface area contributed by atoms with Crippen LogP contribution in [0.5, 0.6) is 0 Å². The van der Waals surface area contributed by atoms with Gasteiger partial charge in [-0.25, -0.2) is 14.3 Å². The summed E-state index contributed by atoms with van der Waals surface area (Å²) in [6.07, 6.45) is 6.78. The van der Waals surface area contributed by atoms with Crippen LogP contribution in [0, 0.1) is 11.8 Å². The van der Waals surface area contributed by atoms with Crippen LogP contribution in [-0.2, 0) is 24.4 Å². The zero-order valence-corrected chi connectivity index (χ0v) is 20.4. The molecule has 0 bridgehead atoms. The molecular formula is C26H35N5O3. The molecule has 1 fully saturated rings. The number of nitrogens with zero attached hydrogens (tertiary/aromatic N) is 4. The van der Waals surface area contributed by atoms with E-state index in [9.17, 15) is 14.4 Å². The lowest BCUT2D eigenvalue weighted by atomic mass is 9.86. The number of nitrogens with one attached hydrogen (secondary N) is 1. The standard InChI is InChI=1S/C26H35N5O3/c1-18(2)13-14-29-17-27-24-23(29)25(33)31(16-22(32)28-21-12-8-7-9-19(21)3)26(34)30(24)15-20-10-5-4-6-11-20/h4-6,10-11,17-19,21H,7-9,12-16H2,1-3H3,(H,28,32)/t19-,21-/m1/s1. The largest absolute Gasteiger partial charge is 0.352 e. The number of hydrogen-bond acceptors (Lipinski definition) is 4. The number of imidazole rings is 1. The second-order valence-corrected chi connectivity index (χ2v) is 9.97. The van der Waals surface area contributed by atoms with Crippen LogP contribution in [-0.4, -0.2) is 30.6 Å². The molecule has 182 valence electrons. The molecule has 1 amide bonds. The van der Waals surface area contributed by atoms with Crippen LogP contribution in [0.25, 0.3) is 11.2 Å². The minimum Gasteiger partial charge on any atom is -0.352 e. The Bertz CT molecular complexity index is 1260. The Morgan fingerprint density at radius 1 is 1.12 bits per heavy atom. The van der Waals surface area contributed by atoms with Crippen molar-refractivity contribution in [2.24, 2.45) is 11.8 Å². The molecule has 8 heteroatoms. The summed E-state index contributed by atoms with van der Waals surface area (Å²) < 4.78 is 4.40. The Labute approximate surface area is 199 Å². The van der Waals surface area contributed by atoms with Gasteiger partial charge in [0.25, 0.3) is 5.56 Å². The molecule has 4 rings (SSSR count). The number of carbonyl (C=O) groups is 1. The minimum atomic E-state index is -0.512. The third kappa shape index (κ3) is 5.16. The van der Waals surface area contributed by atoms with Gasteiger partial charge in [0.05, 0.1) is 12.9 Å². The Hall–Kier alpha value is -3.16. The zero-order chi connectivity index (χ0) is 24.2. The van der Waals surface area contributed by atoms with Gasteiger partial charge in [-0.1, -0.05) is 63.9 Å². The molecule has 3 aromatic rings. The van der Waals surface area contributed by atoms with E-state index in [4.69, 9.17) is 0 Å². The molecule has 0 unspecified atom stereocenters. The van der Waals surface area contributed by atoms with Gasteiger partial charge in [-0.2, -0.15) is 0 Å². The van der Waals surface area contributed by atoms with E-state index >= 15 is 0 Å². The van der Waals surface area contributed by atoms with Crippen LogP contribution >= 0.6 is 0 Å². The summed E-state index contributed by atoms with van der Waals surface area (Å²) in [4.78, 5) is 44.3. The number of fused-ring (bicyclic) bond motifs is 1. The lowest BCUT2D eigenvalue weighted by Gasteiger charge is -2.29. The van der Waals surface area contributed by atoms with Gasteiger partial charge in [0.2, 0.25) is 5.91 Å². The molecule has 0 saturated heterocycles. The van der Waals surface area contributed by atoms with Gasteiger partial charge < -0.3 is 9.88 Å². The first-order valence-corrected chi connectivity index (χ1v) is 12.4. The number of aryl methyl sites for hydroxylation is 1. The quantitative estimate of drug-likeness (QED) is 0.553. The molecule has 1 saturated carbocycles. The summed E-state index contributed by atoms with van der Waals surface area (Å²) in [7, 11) is 0. The lowest BCUT2D eigenvalue weighted by Crippen LogP contribution is -2.47. The second kappa shape index (κ2) is 10.4.